The fraction of sp³-hybridized carbons (Fsp3) is 0.370. The molecule has 0 spiro atoms. The van der Waals surface area contributed by atoms with Crippen LogP contribution in [0.1, 0.15) is 48.8 Å². The van der Waals surface area contributed by atoms with Crippen molar-refractivity contribution in [2.45, 2.75) is 58.7 Å². The minimum Gasteiger partial charge on any atom is -0.444 e. The van der Waals surface area contributed by atoms with Gasteiger partial charge in [0.05, 0.1) is 6.42 Å². The van der Waals surface area contributed by atoms with E-state index in [0.717, 1.165) is 6.07 Å². The lowest BCUT2D eigenvalue weighted by Gasteiger charge is -2.20. The number of H-pyrrole nitrogens is 1. The van der Waals surface area contributed by atoms with Crippen LogP contribution in [-0.4, -0.2) is 38.8 Å². The van der Waals surface area contributed by atoms with E-state index in [2.05, 4.69) is 26.0 Å². The minimum atomic E-state index is -3.48. The van der Waals surface area contributed by atoms with Gasteiger partial charge in [-0.05, 0) is 63.1 Å². The highest BCUT2D eigenvalue weighted by atomic mass is 35.5. The molecular weight excluding hydrogens is 562 g/mol. The number of nitrogens with one attached hydrogen (secondary N) is 4. The Morgan fingerprint density at radius 1 is 1.07 bits per heavy atom. The number of alkyl carbamates (subject to hydrolysis) is 1. The quantitative estimate of drug-likeness (QED) is 0.283. The first kappa shape index (κ1) is 31.3. The molecule has 2 heterocycles. The van der Waals surface area contributed by atoms with Gasteiger partial charge in [0, 0.05) is 35.6 Å². The second kappa shape index (κ2) is 12.9. The molecule has 0 bridgehead atoms. The Morgan fingerprint density at radius 2 is 1.78 bits per heavy atom. The first-order valence-corrected chi connectivity index (χ1v) is 12.9. The lowest BCUT2D eigenvalue weighted by Crippen LogP contribution is -2.47. The molecule has 0 saturated carbocycles. The number of benzene rings is 1. The highest BCUT2D eigenvalue weighted by Crippen LogP contribution is 2.24. The first-order chi connectivity index (χ1) is 19.2. The van der Waals surface area contributed by atoms with E-state index in [1.54, 1.807) is 39.0 Å². The summed E-state index contributed by atoms with van der Waals surface area (Å²) in [6.07, 6.45) is 0.152. The topological polar surface area (TPSA) is 147 Å². The molecule has 11 nitrogen and oxygen atoms in total. The maximum Gasteiger partial charge on any atom is 0.407 e. The standard InChI is InChI=1S/C27H31ClF2N6O5/c1-16-20(23(38)36(24(39)35-16)34-15-27(29,30)21-7-5-6-10-31-21)12-22(37)32-14-18-11-19(28)9-8-17(18)13-33-25(40)41-26(2,3)4/h5-11,34H,12-15H2,1-4H3,(H,32,37)(H,33,40)(H,35,39). The Balaban J connectivity index is 1.69. The van der Waals surface area contributed by atoms with E-state index in [1.807, 2.05) is 0 Å². The zero-order valence-corrected chi connectivity index (χ0v) is 23.7. The zero-order chi connectivity index (χ0) is 30.4. The second-order valence-corrected chi connectivity index (χ2v) is 10.6. The van der Waals surface area contributed by atoms with E-state index < -0.39 is 53.4 Å². The number of halogens is 3. The second-order valence-electron chi connectivity index (χ2n) is 10.2. The van der Waals surface area contributed by atoms with Crippen LogP contribution < -0.4 is 27.3 Å². The Kier molecular flexibility index (Phi) is 9.87. The van der Waals surface area contributed by atoms with Gasteiger partial charge in [-0.25, -0.2) is 9.59 Å². The summed E-state index contributed by atoms with van der Waals surface area (Å²) in [6, 6.07) is 8.94. The summed E-state index contributed by atoms with van der Waals surface area (Å²) >= 11 is 6.12. The molecule has 3 rings (SSSR count). The fourth-order valence-corrected chi connectivity index (χ4v) is 3.90. The van der Waals surface area contributed by atoms with Crippen molar-refractivity contribution in [1.29, 1.82) is 0 Å². The third-order valence-corrected chi connectivity index (χ3v) is 5.95. The van der Waals surface area contributed by atoms with Gasteiger partial charge < -0.3 is 25.8 Å². The number of carbonyl (C=O) groups excluding carboxylic acids is 2. The van der Waals surface area contributed by atoms with Crippen LogP contribution in [0.4, 0.5) is 13.6 Å². The van der Waals surface area contributed by atoms with Gasteiger partial charge >= 0.3 is 17.7 Å². The number of pyridine rings is 1. The predicted octanol–water partition coefficient (Wildman–Crippen LogP) is 3.11. The molecule has 220 valence electrons. The van der Waals surface area contributed by atoms with Crippen LogP contribution in [0.2, 0.25) is 5.02 Å². The maximum atomic E-state index is 14.5. The van der Waals surface area contributed by atoms with Crippen LogP contribution in [-0.2, 0) is 35.0 Å². The van der Waals surface area contributed by atoms with Gasteiger partial charge in [-0.2, -0.15) is 13.5 Å². The molecule has 1 aromatic carbocycles. The number of alkyl halides is 2. The summed E-state index contributed by atoms with van der Waals surface area (Å²) in [5.74, 6) is -4.06. The number of amides is 2. The van der Waals surface area contributed by atoms with Crippen LogP contribution in [0.25, 0.3) is 0 Å². The van der Waals surface area contributed by atoms with Crippen molar-refractivity contribution in [3.05, 3.63) is 96.5 Å². The van der Waals surface area contributed by atoms with Crippen LogP contribution in [0.3, 0.4) is 0 Å². The average molecular weight is 593 g/mol. The van der Waals surface area contributed by atoms with E-state index in [1.165, 1.54) is 25.3 Å². The third kappa shape index (κ3) is 8.87. The molecule has 2 amide bonds. The fourth-order valence-electron chi connectivity index (χ4n) is 3.71. The van der Waals surface area contributed by atoms with Crippen LogP contribution >= 0.6 is 11.6 Å². The average Bonchev–Trinajstić information content (AvgIpc) is 2.88. The van der Waals surface area contributed by atoms with Gasteiger partial charge in [-0.1, -0.05) is 23.7 Å². The molecule has 0 aliphatic heterocycles. The minimum absolute atomic E-state index is 0.00979. The SMILES string of the molecule is Cc1[nH]c(=O)n(NCC(F)(F)c2ccccn2)c(=O)c1CC(=O)NCc1cc(Cl)ccc1CNC(=O)OC(C)(C)C. The Hall–Kier alpha value is -4.26. The first-order valence-electron chi connectivity index (χ1n) is 12.5. The lowest BCUT2D eigenvalue weighted by molar-refractivity contribution is -0.120. The van der Waals surface area contributed by atoms with Gasteiger partial charge in [0.1, 0.15) is 17.8 Å². The summed E-state index contributed by atoms with van der Waals surface area (Å²) in [5.41, 5.74) is 0.341. The van der Waals surface area contributed by atoms with Crippen molar-refractivity contribution >= 4 is 23.6 Å². The molecule has 4 N–H and O–H groups in total. The number of nitrogens with zero attached hydrogens (tertiary/aromatic N) is 2. The normalized spacial score (nSPS) is 11.6. The molecule has 0 aliphatic rings. The molecule has 14 heteroatoms. The predicted molar refractivity (Wildman–Crippen MR) is 148 cm³/mol. The molecule has 41 heavy (non-hydrogen) atoms. The van der Waals surface area contributed by atoms with Gasteiger partial charge in [-0.15, -0.1) is 0 Å². The van der Waals surface area contributed by atoms with Gasteiger partial charge in [0.15, 0.2) is 0 Å². The van der Waals surface area contributed by atoms with Crippen molar-refractivity contribution in [3.8, 4) is 0 Å². The molecular formula is C27H31ClF2N6O5. The van der Waals surface area contributed by atoms with Crippen LogP contribution in [0.5, 0.6) is 0 Å². The Morgan fingerprint density at radius 3 is 2.44 bits per heavy atom. The maximum absolute atomic E-state index is 14.5. The van der Waals surface area contributed by atoms with Gasteiger partial charge in [0.25, 0.3) is 5.56 Å². The highest BCUT2D eigenvalue weighted by molar-refractivity contribution is 6.30. The smallest absolute Gasteiger partial charge is 0.407 e. The van der Waals surface area contributed by atoms with Gasteiger partial charge in [0.2, 0.25) is 5.91 Å². The van der Waals surface area contributed by atoms with Gasteiger partial charge in [-0.3, -0.25) is 14.6 Å². The monoisotopic (exact) mass is 592 g/mol. The van der Waals surface area contributed by atoms with E-state index >= 15 is 0 Å². The molecule has 0 unspecified atom stereocenters. The van der Waals surface area contributed by atoms with E-state index in [4.69, 9.17) is 16.3 Å². The van der Waals surface area contributed by atoms with E-state index in [0.29, 0.717) is 20.8 Å². The number of rotatable bonds is 10. The summed E-state index contributed by atoms with van der Waals surface area (Å²) < 4.78 is 34.7. The molecule has 3 aromatic rings. The number of carbonyl (C=O) groups is 2. The summed E-state index contributed by atoms with van der Waals surface area (Å²) in [6.45, 7) is 5.67. The largest absolute Gasteiger partial charge is 0.444 e. The molecule has 0 fully saturated rings. The summed E-state index contributed by atoms with van der Waals surface area (Å²) in [7, 11) is 0. The molecule has 0 radical (unpaired) electrons. The Bertz CT molecular complexity index is 1520. The molecule has 0 saturated heterocycles. The summed E-state index contributed by atoms with van der Waals surface area (Å²) in [4.78, 5) is 56.2. The molecule has 2 aromatic heterocycles. The lowest BCUT2D eigenvalue weighted by atomic mass is 10.1. The number of hydrogen-bond donors (Lipinski definition) is 4. The van der Waals surface area contributed by atoms with E-state index in [-0.39, 0.29) is 24.3 Å². The van der Waals surface area contributed by atoms with Crippen molar-refractivity contribution in [2.75, 3.05) is 12.0 Å². The number of hydrogen-bond acceptors (Lipinski definition) is 7. The molecule has 0 aliphatic carbocycles. The van der Waals surface area contributed by atoms with Crippen molar-refractivity contribution in [3.63, 3.8) is 0 Å². The zero-order valence-electron chi connectivity index (χ0n) is 22.9. The van der Waals surface area contributed by atoms with Crippen LogP contribution in [0, 0.1) is 6.92 Å². The van der Waals surface area contributed by atoms with Crippen molar-refractivity contribution in [2.24, 2.45) is 0 Å². The van der Waals surface area contributed by atoms with Crippen molar-refractivity contribution < 1.29 is 23.1 Å². The number of aromatic nitrogens is 3. The Labute approximate surface area is 239 Å². The number of aryl methyl sites for hydroxylation is 1. The van der Waals surface area contributed by atoms with Crippen molar-refractivity contribution in [1.82, 2.24) is 25.3 Å². The molecule has 0 atom stereocenters. The number of ether oxygens (including phenoxy) is 1. The summed E-state index contributed by atoms with van der Waals surface area (Å²) in [5, 5.41) is 5.73. The van der Waals surface area contributed by atoms with Crippen LogP contribution in [0.15, 0.2) is 52.2 Å². The highest BCUT2D eigenvalue weighted by Gasteiger charge is 2.33. The van der Waals surface area contributed by atoms with E-state index in [9.17, 15) is 28.0 Å². The number of aromatic amines is 1. The third-order valence-electron chi connectivity index (χ3n) is 5.71.